The second-order valence-electron chi connectivity index (χ2n) is 5.95. The molecule has 3 aromatic rings. The molecule has 1 heterocycles. The summed E-state index contributed by atoms with van der Waals surface area (Å²) in [6.45, 7) is 3.88. The Morgan fingerprint density at radius 3 is 2.69 bits per heavy atom. The lowest BCUT2D eigenvalue weighted by Crippen LogP contribution is -2.24. The minimum atomic E-state index is -0.324. The zero-order valence-corrected chi connectivity index (χ0v) is 15.4. The molecule has 0 aliphatic carbocycles. The van der Waals surface area contributed by atoms with E-state index in [0.29, 0.717) is 5.56 Å². The second-order valence-corrected chi connectivity index (χ2v) is 6.98. The van der Waals surface area contributed by atoms with Gasteiger partial charge in [-0.25, -0.2) is 9.37 Å². The third kappa shape index (κ3) is 4.43. The van der Waals surface area contributed by atoms with E-state index in [1.54, 1.807) is 29.5 Å². The Bertz CT molecular complexity index is 934. The summed E-state index contributed by atoms with van der Waals surface area (Å²) in [5.74, 6) is -0.550. The fourth-order valence-electron chi connectivity index (χ4n) is 2.62. The number of carbonyl (C=O) groups excluding carboxylic acids is 1. The van der Waals surface area contributed by atoms with E-state index < -0.39 is 0 Å². The maximum Gasteiger partial charge on any atom is 0.244 e. The second kappa shape index (κ2) is 8.06. The first-order valence-corrected chi connectivity index (χ1v) is 9.11. The Labute approximate surface area is 156 Å². The van der Waals surface area contributed by atoms with Crippen molar-refractivity contribution < 1.29 is 9.18 Å². The number of hydrogen-bond donors (Lipinski definition) is 1. The molecule has 3 rings (SSSR count). The Morgan fingerprint density at radius 1 is 1.19 bits per heavy atom. The maximum atomic E-state index is 13.2. The molecule has 0 saturated heterocycles. The molecule has 2 aromatic carbocycles. The molecule has 0 saturated carbocycles. The van der Waals surface area contributed by atoms with Crippen LogP contribution in [-0.2, 0) is 4.79 Å². The average molecular weight is 366 g/mol. The zero-order chi connectivity index (χ0) is 18.5. The SMILES string of the molecule is Cc1nc(-c2ccccc2)sc1C(C)NC(=O)C=Cc1cccc(F)c1. The molecule has 0 aliphatic rings. The largest absolute Gasteiger partial charge is 0.345 e. The van der Waals surface area contributed by atoms with Gasteiger partial charge in [0, 0.05) is 11.6 Å². The molecule has 0 aliphatic heterocycles. The van der Waals surface area contributed by atoms with E-state index in [2.05, 4.69) is 10.3 Å². The lowest BCUT2D eigenvalue weighted by Gasteiger charge is -2.11. The van der Waals surface area contributed by atoms with Gasteiger partial charge in [0.05, 0.1) is 16.6 Å². The Hall–Kier alpha value is -2.79. The highest BCUT2D eigenvalue weighted by molar-refractivity contribution is 7.15. The molecule has 132 valence electrons. The van der Waals surface area contributed by atoms with Gasteiger partial charge in [0.2, 0.25) is 5.91 Å². The molecule has 1 atom stereocenters. The first-order valence-electron chi connectivity index (χ1n) is 8.30. The van der Waals surface area contributed by atoms with E-state index in [4.69, 9.17) is 0 Å². The highest BCUT2D eigenvalue weighted by atomic mass is 32.1. The number of aromatic nitrogens is 1. The summed E-state index contributed by atoms with van der Waals surface area (Å²) < 4.78 is 13.2. The molecule has 0 fully saturated rings. The van der Waals surface area contributed by atoms with Crippen LogP contribution in [0.4, 0.5) is 4.39 Å². The van der Waals surface area contributed by atoms with E-state index in [9.17, 15) is 9.18 Å². The first kappa shape index (κ1) is 18.0. The Kier molecular flexibility index (Phi) is 5.58. The molecule has 1 amide bonds. The van der Waals surface area contributed by atoms with Crippen LogP contribution >= 0.6 is 11.3 Å². The van der Waals surface area contributed by atoms with Crippen molar-refractivity contribution in [2.24, 2.45) is 0 Å². The lowest BCUT2D eigenvalue weighted by atomic mass is 10.2. The van der Waals surface area contributed by atoms with Crippen molar-refractivity contribution in [1.82, 2.24) is 10.3 Å². The highest BCUT2D eigenvalue weighted by Crippen LogP contribution is 2.31. The molecule has 1 N–H and O–H groups in total. The molecule has 0 radical (unpaired) electrons. The normalized spacial score (nSPS) is 12.3. The standard InChI is InChI=1S/C21H19FN2OS/c1-14(23-19(25)12-11-16-7-6-10-18(22)13-16)20-15(2)24-21(26-20)17-8-4-3-5-9-17/h3-14H,1-2H3,(H,23,25). The van der Waals surface area contributed by atoms with Gasteiger partial charge >= 0.3 is 0 Å². The van der Waals surface area contributed by atoms with E-state index in [1.807, 2.05) is 44.2 Å². The maximum absolute atomic E-state index is 13.2. The third-order valence-electron chi connectivity index (χ3n) is 3.88. The number of halogens is 1. The first-order chi connectivity index (χ1) is 12.5. The zero-order valence-electron chi connectivity index (χ0n) is 14.6. The van der Waals surface area contributed by atoms with Crippen molar-refractivity contribution in [3.8, 4) is 10.6 Å². The van der Waals surface area contributed by atoms with Gasteiger partial charge in [0.25, 0.3) is 0 Å². The number of nitrogens with zero attached hydrogens (tertiary/aromatic N) is 1. The Balaban J connectivity index is 1.69. The number of hydrogen-bond acceptors (Lipinski definition) is 3. The topological polar surface area (TPSA) is 42.0 Å². The summed E-state index contributed by atoms with van der Waals surface area (Å²) in [5, 5.41) is 3.88. The van der Waals surface area contributed by atoms with Crippen molar-refractivity contribution in [2.75, 3.05) is 0 Å². The molecule has 1 aromatic heterocycles. The van der Waals surface area contributed by atoms with Gasteiger partial charge in [0.1, 0.15) is 10.8 Å². The average Bonchev–Trinajstić information content (AvgIpc) is 3.03. The number of rotatable bonds is 5. The van der Waals surface area contributed by atoms with E-state index >= 15 is 0 Å². The summed E-state index contributed by atoms with van der Waals surface area (Å²) in [5.41, 5.74) is 2.63. The smallest absolute Gasteiger partial charge is 0.244 e. The van der Waals surface area contributed by atoms with Crippen LogP contribution in [-0.4, -0.2) is 10.9 Å². The minimum Gasteiger partial charge on any atom is -0.345 e. The van der Waals surface area contributed by atoms with Crippen LogP contribution in [0.3, 0.4) is 0 Å². The number of nitrogens with one attached hydrogen (secondary N) is 1. The summed E-state index contributed by atoms with van der Waals surface area (Å²) >= 11 is 1.58. The van der Waals surface area contributed by atoms with Crippen LogP contribution in [0.25, 0.3) is 16.6 Å². The lowest BCUT2D eigenvalue weighted by molar-refractivity contribution is -0.117. The van der Waals surface area contributed by atoms with Gasteiger partial charge in [-0.15, -0.1) is 11.3 Å². The summed E-state index contributed by atoms with van der Waals surface area (Å²) in [6.07, 6.45) is 3.01. The molecular formula is C21H19FN2OS. The molecule has 26 heavy (non-hydrogen) atoms. The fraction of sp³-hybridized carbons (Fsp3) is 0.143. The van der Waals surface area contributed by atoms with E-state index in [0.717, 1.165) is 21.1 Å². The molecule has 5 heteroatoms. The van der Waals surface area contributed by atoms with Gasteiger partial charge in [-0.3, -0.25) is 4.79 Å². The van der Waals surface area contributed by atoms with Gasteiger partial charge < -0.3 is 5.32 Å². The van der Waals surface area contributed by atoms with Gasteiger partial charge in [-0.1, -0.05) is 42.5 Å². The van der Waals surface area contributed by atoms with E-state index in [-0.39, 0.29) is 17.8 Å². The van der Waals surface area contributed by atoms with Crippen molar-refractivity contribution in [1.29, 1.82) is 0 Å². The fourth-order valence-corrected chi connectivity index (χ4v) is 3.70. The number of carbonyl (C=O) groups is 1. The monoisotopic (exact) mass is 366 g/mol. The van der Waals surface area contributed by atoms with Crippen LogP contribution < -0.4 is 5.32 Å². The van der Waals surface area contributed by atoms with Gasteiger partial charge in [-0.2, -0.15) is 0 Å². The molecular weight excluding hydrogens is 347 g/mol. The quantitative estimate of drug-likeness (QED) is 0.635. The number of benzene rings is 2. The van der Waals surface area contributed by atoms with Crippen molar-refractivity contribution >= 4 is 23.3 Å². The summed E-state index contributed by atoms with van der Waals surface area (Å²) in [6, 6.07) is 15.9. The van der Waals surface area contributed by atoms with Gasteiger partial charge in [-0.05, 0) is 37.6 Å². The minimum absolute atomic E-state index is 0.158. The highest BCUT2D eigenvalue weighted by Gasteiger charge is 2.16. The van der Waals surface area contributed by atoms with Gasteiger partial charge in [0.15, 0.2) is 0 Å². The number of thiazole rings is 1. The molecule has 0 bridgehead atoms. The molecule has 1 unspecified atom stereocenters. The van der Waals surface area contributed by atoms with Crippen molar-refractivity contribution in [3.05, 3.63) is 82.6 Å². The van der Waals surface area contributed by atoms with Crippen LogP contribution in [0.15, 0.2) is 60.7 Å². The third-order valence-corrected chi connectivity index (χ3v) is 5.27. The van der Waals surface area contributed by atoms with Crippen LogP contribution in [0, 0.1) is 12.7 Å². The van der Waals surface area contributed by atoms with Crippen LogP contribution in [0.5, 0.6) is 0 Å². The number of amides is 1. The Morgan fingerprint density at radius 2 is 1.96 bits per heavy atom. The predicted octanol–water partition coefficient (Wildman–Crippen LogP) is 5.15. The van der Waals surface area contributed by atoms with Crippen LogP contribution in [0.2, 0.25) is 0 Å². The van der Waals surface area contributed by atoms with Crippen LogP contribution in [0.1, 0.15) is 29.1 Å². The van der Waals surface area contributed by atoms with Crippen molar-refractivity contribution in [3.63, 3.8) is 0 Å². The summed E-state index contributed by atoms with van der Waals surface area (Å²) in [7, 11) is 0. The number of aryl methyl sites for hydroxylation is 1. The van der Waals surface area contributed by atoms with E-state index in [1.165, 1.54) is 18.2 Å². The summed E-state index contributed by atoms with van der Waals surface area (Å²) in [4.78, 5) is 17.8. The molecule has 0 spiro atoms. The molecule has 3 nitrogen and oxygen atoms in total. The van der Waals surface area contributed by atoms with Crippen molar-refractivity contribution in [2.45, 2.75) is 19.9 Å². The predicted molar refractivity (Wildman–Crippen MR) is 104 cm³/mol.